The average Bonchev–Trinajstić information content (AvgIpc) is 2.67. The first-order chi connectivity index (χ1) is 13.3. The summed E-state index contributed by atoms with van der Waals surface area (Å²) in [5.41, 5.74) is 3.75. The molecular formula is C19H14Br2N2O5. The number of ether oxygens (including phenoxy) is 1. The molecule has 2 N–H and O–H groups in total. The number of para-hydroxylation sites is 1. The van der Waals surface area contributed by atoms with Crippen LogP contribution >= 0.6 is 31.9 Å². The maximum Gasteiger partial charge on any atom is 0.349 e. The third-order valence-corrected chi connectivity index (χ3v) is 4.90. The van der Waals surface area contributed by atoms with E-state index in [1.165, 1.54) is 13.0 Å². The van der Waals surface area contributed by atoms with E-state index in [1.807, 2.05) is 6.07 Å². The lowest BCUT2D eigenvalue weighted by molar-refractivity contribution is -0.128. The van der Waals surface area contributed by atoms with Gasteiger partial charge in [0, 0.05) is 9.86 Å². The van der Waals surface area contributed by atoms with Gasteiger partial charge in [-0.1, -0.05) is 28.1 Å². The fourth-order valence-electron chi connectivity index (χ4n) is 2.32. The Bertz CT molecular complexity index is 1110. The van der Waals surface area contributed by atoms with Crippen LogP contribution in [0.3, 0.4) is 0 Å². The van der Waals surface area contributed by atoms with Crippen molar-refractivity contribution in [3.8, 4) is 5.75 Å². The molecule has 0 aliphatic heterocycles. The van der Waals surface area contributed by atoms with Crippen LogP contribution in [0.2, 0.25) is 0 Å². The van der Waals surface area contributed by atoms with Crippen LogP contribution in [0.4, 0.5) is 0 Å². The van der Waals surface area contributed by atoms with Crippen molar-refractivity contribution in [3.05, 3.63) is 73.5 Å². The maximum atomic E-state index is 12.3. The van der Waals surface area contributed by atoms with Crippen LogP contribution < -0.4 is 21.2 Å². The molecule has 3 rings (SSSR count). The van der Waals surface area contributed by atoms with Crippen LogP contribution in [-0.2, 0) is 4.79 Å². The summed E-state index contributed by atoms with van der Waals surface area (Å²) >= 11 is 6.64. The summed E-state index contributed by atoms with van der Waals surface area (Å²) in [6.07, 6.45) is -0.886. The quantitative estimate of drug-likeness (QED) is 0.414. The molecule has 2 amide bonds. The Morgan fingerprint density at radius 1 is 1.07 bits per heavy atom. The summed E-state index contributed by atoms with van der Waals surface area (Å²) < 4.78 is 12.1. The Labute approximate surface area is 176 Å². The van der Waals surface area contributed by atoms with Crippen LogP contribution in [-0.4, -0.2) is 17.9 Å². The van der Waals surface area contributed by atoms with E-state index in [9.17, 15) is 14.4 Å². The molecule has 0 saturated carbocycles. The molecule has 1 atom stereocenters. The summed E-state index contributed by atoms with van der Waals surface area (Å²) in [5, 5.41) is 0.566. The van der Waals surface area contributed by atoms with Gasteiger partial charge in [0.1, 0.15) is 16.9 Å². The van der Waals surface area contributed by atoms with Crippen LogP contribution in [0, 0.1) is 0 Å². The Morgan fingerprint density at radius 3 is 2.57 bits per heavy atom. The van der Waals surface area contributed by atoms with E-state index in [4.69, 9.17) is 9.15 Å². The van der Waals surface area contributed by atoms with Gasteiger partial charge >= 0.3 is 5.63 Å². The van der Waals surface area contributed by atoms with Gasteiger partial charge in [-0.05, 0) is 59.3 Å². The molecule has 9 heteroatoms. The highest BCUT2D eigenvalue weighted by Gasteiger charge is 2.19. The number of hydrogen-bond donors (Lipinski definition) is 2. The van der Waals surface area contributed by atoms with Crippen molar-refractivity contribution in [1.82, 2.24) is 10.9 Å². The summed E-state index contributed by atoms with van der Waals surface area (Å²) in [7, 11) is 0. The maximum absolute atomic E-state index is 12.3. The number of hydrogen-bond acceptors (Lipinski definition) is 5. The fourth-order valence-corrected chi connectivity index (χ4v) is 3.08. The zero-order chi connectivity index (χ0) is 20.3. The number of nitrogens with one attached hydrogen (secondary N) is 2. The molecule has 144 valence electrons. The Hall–Kier alpha value is -2.65. The van der Waals surface area contributed by atoms with Gasteiger partial charge in [0.2, 0.25) is 0 Å². The first-order valence-electron chi connectivity index (χ1n) is 8.10. The smallest absolute Gasteiger partial charge is 0.349 e. The fraction of sp³-hybridized carbons (Fsp3) is 0.105. The molecule has 3 aromatic rings. The van der Waals surface area contributed by atoms with Crippen molar-refractivity contribution in [2.45, 2.75) is 13.0 Å². The monoisotopic (exact) mass is 508 g/mol. The van der Waals surface area contributed by atoms with Crippen LogP contribution in [0.15, 0.2) is 66.7 Å². The third kappa shape index (κ3) is 4.60. The van der Waals surface area contributed by atoms with E-state index in [0.29, 0.717) is 21.2 Å². The standard InChI is InChI=1S/C19H14Br2N2O5/c1-10(27-16-5-3-2-4-14(16)21)17(24)22-23-18(25)13-9-11-8-12(20)6-7-15(11)28-19(13)26/h2-10H,1H3,(H,22,24)(H,23,25). The molecular weight excluding hydrogens is 496 g/mol. The molecule has 0 radical (unpaired) electrons. The molecule has 28 heavy (non-hydrogen) atoms. The second-order valence-corrected chi connectivity index (χ2v) is 7.53. The highest BCUT2D eigenvalue weighted by Crippen LogP contribution is 2.24. The topological polar surface area (TPSA) is 97.6 Å². The number of benzene rings is 2. The predicted molar refractivity (Wildman–Crippen MR) is 110 cm³/mol. The van der Waals surface area contributed by atoms with Gasteiger partial charge in [0.15, 0.2) is 6.10 Å². The number of carbonyl (C=O) groups is 2. The highest BCUT2D eigenvalue weighted by atomic mass is 79.9. The van der Waals surface area contributed by atoms with Gasteiger partial charge in [-0.2, -0.15) is 0 Å². The van der Waals surface area contributed by atoms with E-state index in [-0.39, 0.29) is 5.56 Å². The van der Waals surface area contributed by atoms with Crippen LogP contribution in [0.25, 0.3) is 11.0 Å². The van der Waals surface area contributed by atoms with E-state index in [2.05, 4.69) is 42.7 Å². The molecule has 0 bridgehead atoms. The number of rotatable bonds is 4. The lowest BCUT2D eigenvalue weighted by Gasteiger charge is -2.16. The molecule has 2 aromatic carbocycles. The lowest BCUT2D eigenvalue weighted by Crippen LogP contribution is -2.48. The lowest BCUT2D eigenvalue weighted by atomic mass is 10.2. The summed E-state index contributed by atoms with van der Waals surface area (Å²) in [5.74, 6) is -0.897. The summed E-state index contributed by atoms with van der Waals surface area (Å²) in [4.78, 5) is 36.5. The largest absolute Gasteiger partial charge is 0.480 e. The van der Waals surface area contributed by atoms with Crippen molar-refractivity contribution in [2.24, 2.45) is 0 Å². The van der Waals surface area contributed by atoms with E-state index >= 15 is 0 Å². The molecule has 0 aliphatic rings. The Kier molecular flexibility index (Phi) is 6.15. The van der Waals surface area contributed by atoms with Crippen molar-refractivity contribution >= 4 is 54.6 Å². The van der Waals surface area contributed by atoms with E-state index < -0.39 is 23.5 Å². The van der Waals surface area contributed by atoms with Gasteiger partial charge < -0.3 is 9.15 Å². The molecule has 0 saturated heterocycles. The zero-order valence-corrected chi connectivity index (χ0v) is 17.7. The van der Waals surface area contributed by atoms with Crippen LogP contribution in [0.5, 0.6) is 5.75 Å². The van der Waals surface area contributed by atoms with Crippen molar-refractivity contribution < 1.29 is 18.7 Å². The highest BCUT2D eigenvalue weighted by molar-refractivity contribution is 9.10. The Balaban J connectivity index is 1.67. The molecule has 1 heterocycles. The van der Waals surface area contributed by atoms with Gasteiger partial charge in [0.05, 0.1) is 4.47 Å². The predicted octanol–water partition coefficient (Wildman–Crippen LogP) is 3.55. The Morgan fingerprint density at radius 2 is 1.82 bits per heavy atom. The molecule has 1 aromatic heterocycles. The summed E-state index contributed by atoms with van der Waals surface area (Å²) in [6, 6.07) is 13.5. The van der Waals surface area contributed by atoms with Crippen LogP contribution in [0.1, 0.15) is 17.3 Å². The minimum Gasteiger partial charge on any atom is -0.480 e. The minimum absolute atomic E-state index is 0.231. The van der Waals surface area contributed by atoms with E-state index in [0.717, 1.165) is 4.47 Å². The van der Waals surface area contributed by atoms with Gasteiger partial charge in [-0.3, -0.25) is 20.4 Å². The number of amides is 2. The average molecular weight is 510 g/mol. The normalized spacial score (nSPS) is 11.7. The van der Waals surface area contributed by atoms with Gasteiger partial charge in [0.25, 0.3) is 11.8 Å². The molecule has 0 fully saturated rings. The first-order valence-corrected chi connectivity index (χ1v) is 9.68. The van der Waals surface area contributed by atoms with Gasteiger partial charge in [-0.25, -0.2) is 4.79 Å². The van der Waals surface area contributed by atoms with Crippen molar-refractivity contribution in [1.29, 1.82) is 0 Å². The van der Waals surface area contributed by atoms with Crippen molar-refractivity contribution in [2.75, 3.05) is 0 Å². The zero-order valence-electron chi connectivity index (χ0n) is 14.5. The molecule has 0 aliphatic carbocycles. The summed E-state index contributed by atoms with van der Waals surface area (Å²) in [6.45, 7) is 1.53. The molecule has 0 spiro atoms. The minimum atomic E-state index is -0.886. The van der Waals surface area contributed by atoms with E-state index in [1.54, 1.807) is 36.4 Å². The number of hydrazine groups is 1. The van der Waals surface area contributed by atoms with Crippen molar-refractivity contribution in [3.63, 3.8) is 0 Å². The third-order valence-electron chi connectivity index (χ3n) is 3.75. The number of fused-ring (bicyclic) bond motifs is 1. The number of halogens is 2. The SMILES string of the molecule is CC(Oc1ccccc1Br)C(=O)NNC(=O)c1cc2cc(Br)ccc2oc1=O. The first kappa shape index (κ1) is 20.1. The second-order valence-electron chi connectivity index (χ2n) is 5.76. The number of carbonyl (C=O) groups excluding carboxylic acids is 2. The van der Waals surface area contributed by atoms with Gasteiger partial charge in [-0.15, -0.1) is 0 Å². The molecule has 7 nitrogen and oxygen atoms in total. The molecule has 1 unspecified atom stereocenters. The second kappa shape index (κ2) is 8.57.